The second-order valence-corrected chi connectivity index (χ2v) is 6.63. The third-order valence-corrected chi connectivity index (χ3v) is 4.30. The lowest BCUT2D eigenvalue weighted by Crippen LogP contribution is -2.34. The van der Waals surface area contributed by atoms with Crippen molar-refractivity contribution < 1.29 is 14.3 Å². The minimum atomic E-state index is -0.501. The number of nitrogens with zero attached hydrogens (tertiary/aromatic N) is 3. The smallest absolute Gasteiger partial charge is 0.407 e. The molecule has 8 heteroatoms. The van der Waals surface area contributed by atoms with Gasteiger partial charge in [-0.25, -0.2) is 4.79 Å². The molecule has 2 amide bonds. The highest BCUT2D eigenvalue weighted by Crippen LogP contribution is 2.22. The van der Waals surface area contributed by atoms with E-state index in [2.05, 4.69) is 15.6 Å². The van der Waals surface area contributed by atoms with Crippen molar-refractivity contribution in [2.75, 3.05) is 19.7 Å². The summed E-state index contributed by atoms with van der Waals surface area (Å²) in [5.41, 5.74) is 3.55. The maximum Gasteiger partial charge on any atom is 0.407 e. The zero-order chi connectivity index (χ0) is 21.9. The number of rotatable bonds is 9. The summed E-state index contributed by atoms with van der Waals surface area (Å²) in [6.07, 6.45) is 8.03. The Bertz CT molecular complexity index is 1020. The summed E-state index contributed by atoms with van der Waals surface area (Å²) < 4.78 is 6.61. The SMILES string of the molecule is CCOC(=O)NCCNC(=O)/C=C/c1cn(Cc2ccccc2)nc1-c1cccnc1. The molecule has 8 nitrogen and oxygen atoms in total. The van der Waals surface area contributed by atoms with Gasteiger partial charge in [0.05, 0.1) is 13.2 Å². The summed E-state index contributed by atoms with van der Waals surface area (Å²) >= 11 is 0. The Morgan fingerprint density at radius 2 is 1.90 bits per heavy atom. The molecule has 2 N–H and O–H groups in total. The van der Waals surface area contributed by atoms with Crippen molar-refractivity contribution >= 4 is 18.1 Å². The van der Waals surface area contributed by atoms with Gasteiger partial charge in [0.25, 0.3) is 0 Å². The molecule has 0 bridgehead atoms. The lowest BCUT2D eigenvalue weighted by atomic mass is 10.1. The van der Waals surface area contributed by atoms with Gasteiger partial charge in [-0.2, -0.15) is 5.10 Å². The standard InChI is InChI=1S/C23H25N5O3/c1-2-31-23(30)26-14-13-25-21(29)11-10-20-17-28(16-18-7-4-3-5-8-18)27-22(20)19-9-6-12-24-15-19/h3-12,15,17H,2,13-14,16H2,1H3,(H,25,29)(H,26,30)/b11-10+. The molecule has 0 aliphatic heterocycles. The van der Waals surface area contributed by atoms with Gasteiger partial charge in [-0.3, -0.25) is 14.5 Å². The molecule has 2 heterocycles. The van der Waals surface area contributed by atoms with Crippen molar-refractivity contribution in [1.82, 2.24) is 25.4 Å². The Kier molecular flexibility index (Phi) is 7.93. The van der Waals surface area contributed by atoms with E-state index < -0.39 is 6.09 Å². The van der Waals surface area contributed by atoms with E-state index >= 15 is 0 Å². The van der Waals surface area contributed by atoms with Crippen LogP contribution >= 0.6 is 0 Å². The lowest BCUT2D eigenvalue weighted by Gasteiger charge is -2.05. The average Bonchev–Trinajstić information content (AvgIpc) is 3.19. The molecule has 3 rings (SSSR count). The summed E-state index contributed by atoms with van der Waals surface area (Å²) in [7, 11) is 0. The maximum atomic E-state index is 12.2. The third kappa shape index (κ3) is 6.81. The van der Waals surface area contributed by atoms with Crippen LogP contribution in [-0.4, -0.2) is 46.5 Å². The van der Waals surface area contributed by atoms with Crippen LogP contribution in [0.5, 0.6) is 0 Å². The maximum absolute atomic E-state index is 12.2. The number of nitrogens with one attached hydrogen (secondary N) is 2. The monoisotopic (exact) mass is 419 g/mol. The molecule has 0 fully saturated rings. The zero-order valence-electron chi connectivity index (χ0n) is 17.3. The van der Waals surface area contributed by atoms with Gasteiger partial charge in [-0.15, -0.1) is 0 Å². The molecular weight excluding hydrogens is 394 g/mol. The Labute approximate surface area is 181 Å². The summed E-state index contributed by atoms with van der Waals surface area (Å²) in [6.45, 7) is 3.23. The van der Waals surface area contributed by atoms with Gasteiger partial charge in [0.1, 0.15) is 5.69 Å². The van der Waals surface area contributed by atoms with Gasteiger partial charge in [0.15, 0.2) is 0 Å². The topological polar surface area (TPSA) is 98.1 Å². The van der Waals surface area contributed by atoms with E-state index in [-0.39, 0.29) is 12.5 Å². The van der Waals surface area contributed by atoms with Gasteiger partial charge >= 0.3 is 6.09 Å². The Morgan fingerprint density at radius 1 is 1.10 bits per heavy atom. The fraction of sp³-hybridized carbons (Fsp3) is 0.217. The highest BCUT2D eigenvalue weighted by atomic mass is 16.5. The summed E-state index contributed by atoms with van der Waals surface area (Å²) in [5.74, 6) is -0.265. The molecule has 2 aromatic heterocycles. The Hall–Kier alpha value is -3.94. The summed E-state index contributed by atoms with van der Waals surface area (Å²) in [5, 5.41) is 9.97. The highest BCUT2D eigenvalue weighted by Gasteiger charge is 2.10. The van der Waals surface area contributed by atoms with E-state index in [0.29, 0.717) is 19.7 Å². The molecule has 1 aromatic carbocycles. The van der Waals surface area contributed by atoms with Crippen molar-refractivity contribution in [1.29, 1.82) is 0 Å². The van der Waals surface area contributed by atoms with Crippen LogP contribution in [0.1, 0.15) is 18.1 Å². The van der Waals surface area contributed by atoms with E-state index in [1.165, 1.54) is 6.08 Å². The van der Waals surface area contributed by atoms with Crippen molar-refractivity contribution in [3.05, 3.63) is 78.3 Å². The molecular formula is C23H25N5O3. The average molecular weight is 419 g/mol. The minimum absolute atomic E-state index is 0.265. The normalized spacial score (nSPS) is 10.7. The number of amides is 2. The number of aromatic nitrogens is 3. The van der Waals surface area contributed by atoms with Crippen LogP contribution in [0.2, 0.25) is 0 Å². The van der Waals surface area contributed by atoms with Crippen LogP contribution in [0.4, 0.5) is 4.79 Å². The predicted molar refractivity (Wildman–Crippen MR) is 118 cm³/mol. The fourth-order valence-corrected chi connectivity index (χ4v) is 2.89. The van der Waals surface area contributed by atoms with Crippen LogP contribution in [0.25, 0.3) is 17.3 Å². The van der Waals surface area contributed by atoms with E-state index in [4.69, 9.17) is 9.84 Å². The first-order valence-corrected chi connectivity index (χ1v) is 10.0. The molecule has 0 aliphatic carbocycles. The molecule has 0 spiro atoms. The summed E-state index contributed by atoms with van der Waals surface area (Å²) in [4.78, 5) is 27.6. The quantitative estimate of drug-likeness (QED) is 0.411. The first-order chi connectivity index (χ1) is 15.2. The molecule has 0 radical (unpaired) electrons. The molecule has 0 aliphatic rings. The number of hydrogen-bond donors (Lipinski definition) is 2. The third-order valence-electron chi connectivity index (χ3n) is 4.30. The van der Waals surface area contributed by atoms with Crippen molar-refractivity contribution in [2.24, 2.45) is 0 Å². The number of pyridine rings is 1. The van der Waals surface area contributed by atoms with Crippen LogP contribution in [0.3, 0.4) is 0 Å². The number of hydrogen-bond acceptors (Lipinski definition) is 5. The van der Waals surface area contributed by atoms with Crippen LogP contribution in [0, 0.1) is 0 Å². The van der Waals surface area contributed by atoms with Crippen molar-refractivity contribution in [2.45, 2.75) is 13.5 Å². The van der Waals surface area contributed by atoms with E-state index in [9.17, 15) is 9.59 Å². The molecule has 0 unspecified atom stereocenters. The second-order valence-electron chi connectivity index (χ2n) is 6.63. The minimum Gasteiger partial charge on any atom is -0.450 e. The Balaban J connectivity index is 1.67. The number of carbonyl (C=O) groups excluding carboxylic acids is 2. The summed E-state index contributed by atoms with van der Waals surface area (Å²) in [6, 6.07) is 13.8. The molecule has 3 aromatic rings. The zero-order valence-corrected chi connectivity index (χ0v) is 17.3. The molecule has 0 saturated heterocycles. The van der Waals surface area contributed by atoms with E-state index in [1.54, 1.807) is 25.4 Å². The highest BCUT2D eigenvalue weighted by molar-refractivity contribution is 5.92. The van der Waals surface area contributed by atoms with Crippen LogP contribution in [0.15, 0.2) is 67.1 Å². The first-order valence-electron chi connectivity index (χ1n) is 10.0. The molecule has 0 saturated carbocycles. The van der Waals surface area contributed by atoms with Crippen molar-refractivity contribution in [3.63, 3.8) is 0 Å². The predicted octanol–water partition coefficient (Wildman–Crippen LogP) is 2.87. The number of benzene rings is 1. The van der Waals surface area contributed by atoms with Gasteiger partial charge in [-0.05, 0) is 30.7 Å². The molecule has 0 atom stereocenters. The van der Waals surface area contributed by atoms with Gasteiger partial charge in [0.2, 0.25) is 5.91 Å². The molecule has 160 valence electrons. The van der Waals surface area contributed by atoms with Crippen LogP contribution < -0.4 is 10.6 Å². The van der Waals surface area contributed by atoms with Crippen LogP contribution in [-0.2, 0) is 16.1 Å². The lowest BCUT2D eigenvalue weighted by molar-refractivity contribution is -0.116. The van der Waals surface area contributed by atoms with Gasteiger partial charge in [0, 0.05) is 48.9 Å². The van der Waals surface area contributed by atoms with Gasteiger partial charge in [-0.1, -0.05) is 30.3 Å². The molecule has 31 heavy (non-hydrogen) atoms. The second kappa shape index (κ2) is 11.3. The number of ether oxygens (including phenoxy) is 1. The fourth-order valence-electron chi connectivity index (χ4n) is 2.89. The van der Waals surface area contributed by atoms with E-state index in [0.717, 1.165) is 22.4 Å². The van der Waals surface area contributed by atoms with Crippen molar-refractivity contribution in [3.8, 4) is 11.3 Å². The van der Waals surface area contributed by atoms with E-state index in [1.807, 2.05) is 53.3 Å². The number of alkyl carbamates (subject to hydrolysis) is 1. The number of carbonyl (C=O) groups is 2. The Morgan fingerprint density at radius 3 is 2.65 bits per heavy atom. The largest absolute Gasteiger partial charge is 0.450 e. The van der Waals surface area contributed by atoms with Gasteiger partial charge < -0.3 is 15.4 Å². The first kappa shape index (κ1) is 21.8.